The van der Waals surface area contributed by atoms with Crippen molar-refractivity contribution in [3.05, 3.63) is 0 Å². The Balaban J connectivity index is 1.66. The van der Waals surface area contributed by atoms with E-state index in [1.165, 1.54) is 4.96 Å². The monoisotopic (exact) mass is 305 g/mol. The first-order valence-corrected chi connectivity index (χ1v) is 6.73. The molecule has 1 fully saturated rings. The number of nitrogens with zero attached hydrogens (tertiary/aromatic N) is 3. The Kier molecular flexibility index (Phi) is 4.66. The van der Waals surface area contributed by atoms with Crippen molar-refractivity contribution >= 4 is 12.1 Å². The van der Waals surface area contributed by atoms with Crippen LogP contribution in [0.5, 0.6) is 0 Å². The zero-order valence-corrected chi connectivity index (χ0v) is 11.9. The van der Waals surface area contributed by atoms with Crippen LogP contribution in [0, 0.1) is 0 Å². The Morgan fingerprint density at radius 3 is 2.81 bits per heavy atom. The molecule has 1 aliphatic rings. The zero-order chi connectivity index (χ0) is 15.4. The number of hydrogen-bond donors (Lipinski definition) is 1. The second kappa shape index (κ2) is 6.46. The molecule has 1 aromatic rings. The summed E-state index contributed by atoms with van der Waals surface area (Å²) in [6, 6.07) is -0.615. The molecule has 0 unspecified atom stereocenters. The number of aromatic nitrogens is 2. The van der Waals surface area contributed by atoms with Gasteiger partial charge in [-0.25, -0.2) is 14.6 Å². The highest BCUT2D eigenvalue weighted by Crippen LogP contribution is 2.17. The van der Waals surface area contributed by atoms with Crippen LogP contribution in [-0.2, 0) is 14.3 Å². The fourth-order valence-electron chi connectivity index (χ4n) is 1.93. The summed E-state index contributed by atoms with van der Waals surface area (Å²) in [6.45, 7) is 4.08. The van der Waals surface area contributed by atoms with Gasteiger partial charge in [0, 0.05) is 6.54 Å². The van der Waals surface area contributed by atoms with Gasteiger partial charge in [-0.1, -0.05) is 0 Å². The molecule has 0 amide bonds. The summed E-state index contributed by atoms with van der Waals surface area (Å²) in [5, 5.41) is 11.6. The van der Waals surface area contributed by atoms with Crippen LogP contribution in [0.15, 0.2) is 4.63 Å². The third-order valence-electron chi connectivity index (χ3n) is 2.82. The Bertz CT molecular complexity index is 475. The second-order valence-corrected chi connectivity index (χ2v) is 4.83. The van der Waals surface area contributed by atoms with E-state index < -0.39 is 18.2 Å². The smallest absolute Gasteiger partial charge is 0.480 e. The molecule has 0 aliphatic carbocycles. The summed E-state index contributed by atoms with van der Waals surface area (Å²) in [7, 11) is 0. The van der Waals surface area contributed by atoms with Gasteiger partial charge >= 0.3 is 12.1 Å². The molecule has 1 saturated heterocycles. The maximum atomic E-state index is 11.1. The third-order valence-corrected chi connectivity index (χ3v) is 2.82. The van der Waals surface area contributed by atoms with E-state index in [1.54, 1.807) is 18.9 Å². The lowest BCUT2D eigenvalue weighted by Crippen LogP contribution is -2.42. The fraction of sp³-hybridized carbons (Fsp3) is 0.818. The Morgan fingerprint density at radius 2 is 2.14 bits per heavy atom. The number of ether oxygens (including phenoxy) is 2. The van der Waals surface area contributed by atoms with Gasteiger partial charge in [0.05, 0.1) is 11.1 Å². The first-order valence-electron chi connectivity index (χ1n) is 6.73. The topological polar surface area (TPSA) is 108 Å². The van der Waals surface area contributed by atoms with Crippen molar-refractivity contribution in [1.29, 1.82) is 0 Å². The molecule has 1 aromatic heterocycles. The predicted molar refractivity (Wildman–Crippen MR) is 67.4 cm³/mol. The van der Waals surface area contributed by atoms with E-state index in [-0.39, 0.29) is 19.3 Å². The molecule has 0 radical (unpaired) electrons. The minimum Gasteiger partial charge on any atom is -0.480 e. The Hall–Kier alpha value is -2.26. The Labute approximate surface area is 120 Å². The zero-order valence-electron chi connectivity index (χ0n) is 11.9. The molecule has 0 saturated carbocycles. The molecule has 1 atom stereocenters. The van der Waals surface area contributed by atoms with Crippen LogP contribution in [-0.4, -0.2) is 59.1 Å². The summed E-state index contributed by atoms with van der Waals surface area (Å²) in [4.78, 5) is 28.5. The van der Waals surface area contributed by atoms with E-state index in [0.717, 1.165) is 11.4 Å². The van der Waals surface area contributed by atoms with E-state index in [2.05, 4.69) is 0 Å². The van der Waals surface area contributed by atoms with Gasteiger partial charge in [-0.3, -0.25) is 0 Å². The molecule has 2 rings (SSSR count). The molecule has 0 spiro atoms. The number of carboxylic acid groups (broad SMARTS) is 1. The van der Waals surface area contributed by atoms with Crippen LogP contribution < -0.4 is 9.85 Å². The highest BCUT2D eigenvalue weighted by molar-refractivity contribution is 5.75. The number of hydrogen-bond acceptors (Lipinski definition) is 7. The fourth-order valence-corrected chi connectivity index (χ4v) is 1.93. The lowest BCUT2D eigenvalue weighted by molar-refractivity contribution is -0.138. The predicted octanol–water partition coefficient (Wildman–Crippen LogP) is 0.0578. The van der Waals surface area contributed by atoms with Gasteiger partial charge in [-0.2, -0.15) is 4.63 Å². The molecule has 0 bridgehead atoms. The van der Waals surface area contributed by atoms with Crippen LogP contribution in [0.2, 0.25) is 0 Å². The van der Waals surface area contributed by atoms with Crippen LogP contribution in [0.1, 0.15) is 26.7 Å². The van der Waals surface area contributed by atoms with Crippen LogP contribution in [0.4, 0.5) is 4.79 Å². The molecule has 120 valence electrons. The first-order chi connectivity index (χ1) is 9.99. The number of carbonyl (C=O) groups is 2. The van der Waals surface area contributed by atoms with Gasteiger partial charge < -0.3 is 19.4 Å². The lowest BCUT2D eigenvalue weighted by Gasteiger charge is -2.15. The molecule has 1 aliphatic heterocycles. The van der Waals surface area contributed by atoms with Crippen LogP contribution in [0.25, 0.3) is 0 Å². The molecule has 0 aromatic carbocycles. The maximum absolute atomic E-state index is 11.1. The standard InChI is InChI=1S/C11H19N3O7/c1-8(2)20-11(17)18-6-7-19-14-13(21-14)12-5-3-4-9(12)10(15)16/h8-9H,3-7H2,1-2H3,(H,15,16)/t9-,13?,14?/m0/s1. The number of aliphatic carboxylic acids is 1. The second-order valence-electron chi connectivity index (χ2n) is 4.83. The van der Waals surface area contributed by atoms with E-state index in [1.807, 2.05) is 0 Å². The number of rotatable bonds is 7. The summed E-state index contributed by atoms with van der Waals surface area (Å²) in [5.74, 6) is -0.900. The summed E-state index contributed by atoms with van der Waals surface area (Å²) in [5.41, 5.74) is 0. The van der Waals surface area contributed by atoms with Crippen molar-refractivity contribution in [2.24, 2.45) is 0 Å². The van der Waals surface area contributed by atoms with Crippen molar-refractivity contribution in [2.45, 2.75) is 38.8 Å². The van der Waals surface area contributed by atoms with Crippen molar-refractivity contribution in [1.82, 2.24) is 9.98 Å². The number of carboxylic acids is 1. The quantitative estimate of drug-likeness (QED) is 0.556. The molecular weight excluding hydrogens is 286 g/mol. The van der Waals surface area contributed by atoms with Gasteiger partial charge in [0.25, 0.3) is 0 Å². The van der Waals surface area contributed by atoms with Gasteiger partial charge in [0.2, 0.25) is 0 Å². The van der Waals surface area contributed by atoms with E-state index in [4.69, 9.17) is 24.0 Å². The highest BCUT2D eigenvalue weighted by atomic mass is 17.0. The maximum Gasteiger partial charge on any atom is 0.508 e. The van der Waals surface area contributed by atoms with Gasteiger partial charge in [-0.05, 0) is 26.7 Å². The average Bonchev–Trinajstić information content (AvgIpc) is 2.97. The molecule has 10 heteroatoms. The highest BCUT2D eigenvalue weighted by Gasteiger charge is 2.36. The SMILES string of the molecule is CC(C)OC(=O)OCCOn1on1N1CCC[C@H]1C(=O)O. The van der Waals surface area contributed by atoms with E-state index >= 15 is 0 Å². The van der Waals surface area contributed by atoms with Gasteiger partial charge in [0.15, 0.2) is 6.61 Å². The molecule has 1 N–H and O–H groups in total. The van der Waals surface area contributed by atoms with Crippen molar-refractivity contribution in [2.75, 3.05) is 24.8 Å². The summed E-state index contributed by atoms with van der Waals surface area (Å²) < 4.78 is 14.5. The van der Waals surface area contributed by atoms with E-state index in [9.17, 15) is 9.59 Å². The first kappa shape index (κ1) is 15.1. The molecular formula is C11H19N3O7. The third kappa shape index (κ3) is 4.10. The van der Waals surface area contributed by atoms with Crippen molar-refractivity contribution < 1.29 is 33.6 Å². The lowest BCUT2D eigenvalue weighted by atomic mass is 10.2. The van der Waals surface area contributed by atoms with Crippen LogP contribution >= 0.6 is 0 Å². The summed E-state index contributed by atoms with van der Waals surface area (Å²) in [6.07, 6.45) is 0.331. The van der Waals surface area contributed by atoms with Gasteiger partial charge in [-0.15, -0.1) is 0 Å². The van der Waals surface area contributed by atoms with E-state index in [0.29, 0.717) is 13.0 Å². The minimum absolute atomic E-state index is 0.00160. The molecule has 10 nitrogen and oxygen atoms in total. The normalized spacial score (nSPS) is 18.2. The largest absolute Gasteiger partial charge is 0.508 e. The molecule has 2 heterocycles. The minimum atomic E-state index is -0.900. The summed E-state index contributed by atoms with van der Waals surface area (Å²) >= 11 is 0. The molecule has 21 heavy (non-hydrogen) atoms. The van der Waals surface area contributed by atoms with Crippen LogP contribution in [0.3, 0.4) is 0 Å². The van der Waals surface area contributed by atoms with Crippen molar-refractivity contribution in [3.63, 3.8) is 0 Å². The Morgan fingerprint density at radius 1 is 1.38 bits per heavy atom. The van der Waals surface area contributed by atoms with Crippen molar-refractivity contribution in [3.8, 4) is 0 Å². The van der Waals surface area contributed by atoms with Gasteiger partial charge in [0.1, 0.15) is 17.7 Å². The average molecular weight is 305 g/mol. The number of carbonyl (C=O) groups excluding carboxylic acids is 1.